The first-order valence-corrected chi connectivity index (χ1v) is 7.69. The summed E-state index contributed by atoms with van der Waals surface area (Å²) in [7, 11) is 3.98. The first-order valence-electron chi connectivity index (χ1n) is 7.69. The Morgan fingerprint density at radius 3 is 2.58 bits per heavy atom. The molecule has 0 amide bonds. The van der Waals surface area contributed by atoms with E-state index >= 15 is 0 Å². The molecule has 2 aromatic rings. The summed E-state index contributed by atoms with van der Waals surface area (Å²) >= 11 is 0. The van der Waals surface area contributed by atoms with E-state index in [1.165, 1.54) is 18.2 Å². The third kappa shape index (κ3) is 5.29. The van der Waals surface area contributed by atoms with Crippen molar-refractivity contribution in [1.82, 2.24) is 14.8 Å². The molecule has 0 aliphatic carbocycles. The minimum Gasteiger partial charge on any atom is -0.508 e. The van der Waals surface area contributed by atoms with Gasteiger partial charge >= 0.3 is 0 Å². The Hall–Kier alpha value is -2.51. The lowest BCUT2D eigenvalue weighted by Gasteiger charge is -2.24. The molecule has 7 heteroatoms. The Balaban J connectivity index is 2.17. The largest absolute Gasteiger partial charge is 0.508 e. The van der Waals surface area contributed by atoms with Gasteiger partial charge in [0, 0.05) is 50.1 Å². The number of pyridine rings is 1. The lowest BCUT2D eigenvalue weighted by atomic mass is 10.1. The standard InChI is InChI=1S/C17H22N4O3/c1-19(2)9-10-20(13-15-5-3-4-8-18-15)12-14-11-16(21(23)24)6-7-17(14)22/h3-8,11,22H,9-10,12-13H2,1-2H3. The van der Waals surface area contributed by atoms with Crippen molar-refractivity contribution in [2.75, 3.05) is 27.2 Å². The number of phenols is 1. The normalized spacial score (nSPS) is 11.2. The van der Waals surface area contributed by atoms with Crippen molar-refractivity contribution in [3.8, 4) is 5.75 Å². The number of rotatable bonds is 8. The van der Waals surface area contributed by atoms with Gasteiger partial charge in [0.05, 0.1) is 10.6 Å². The van der Waals surface area contributed by atoms with Gasteiger partial charge in [-0.1, -0.05) is 6.07 Å². The fourth-order valence-electron chi connectivity index (χ4n) is 2.33. The second-order valence-corrected chi connectivity index (χ2v) is 5.91. The van der Waals surface area contributed by atoms with E-state index < -0.39 is 4.92 Å². The van der Waals surface area contributed by atoms with Crippen molar-refractivity contribution in [3.63, 3.8) is 0 Å². The van der Waals surface area contributed by atoms with E-state index in [0.717, 1.165) is 18.8 Å². The van der Waals surface area contributed by atoms with Gasteiger partial charge in [-0.05, 0) is 32.3 Å². The molecular weight excluding hydrogens is 308 g/mol. The van der Waals surface area contributed by atoms with Crippen LogP contribution in [-0.4, -0.2) is 52.0 Å². The van der Waals surface area contributed by atoms with Gasteiger partial charge in [0.25, 0.3) is 5.69 Å². The number of hydrogen-bond donors (Lipinski definition) is 1. The van der Waals surface area contributed by atoms with Crippen LogP contribution in [0.2, 0.25) is 0 Å². The van der Waals surface area contributed by atoms with E-state index in [1.807, 2.05) is 32.3 Å². The third-order valence-corrected chi connectivity index (χ3v) is 3.64. The first-order chi connectivity index (χ1) is 11.5. The van der Waals surface area contributed by atoms with Gasteiger partial charge in [0.15, 0.2) is 0 Å². The average Bonchev–Trinajstić information content (AvgIpc) is 2.55. The van der Waals surface area contributed by atoms with Crippen LogP contribution in [0.1, 0.15) is 11.3 Å². The molecule has 1 heterocycles. The Morgan fingerprint density at radius 2 is 1.96 bits per heavy atom. The summed E-state index contributed by atoms with van der Waals surface area (Å²) in [6.45, 7) is 2.61. The van der Waals surface area contributed by atoms with E-state index in [2.05, 4.69) is 14.8 Å². The topological polar surface area (TPSA) is 82.7 Å². The van der Waals surface area contributed by atoms with E-state index in [9.17, 15) is 15.2 Å². The zero-order valence-corrected chi connectivity index (χ0v) is 13.9. The summed E-state index contributed by atoms with van der Waals surface area (Å²) in [6.07, 6.45) is 1.74. The average molecular weight is 330 g/mol. The van der Waals surface area contributed by atoms with Crippen LogP contribution < -0.4 is 0 Å². The summed E-state index contributed by atoms with van der Waals surface area (Å²) in [5, 5.41) is 21.0. The second-order valence-electron chi connectivity index (χ2n) is 5.91. The SMILES string of the molecule is CN(C)CCN(Cc1ccccn1)Cc1cc([N+](=O)[O-])ccc1O. The highest BCUT2D eigenvalue weighted by atomic mass is 16.6. The Bertz CT molecular complexity index is 677. The molecule has 0 aliphatic rings. The number of nitrogens with zero attached hydrogens (tertiary/aromatic N) is 4. The van der Waals surface area contributed by atoms with Gasteiger partial charge in [-0.3, -0.25) is 20.0 Å². The predicted molar refractivity (Wildman–Crippen MR) is 91.7 cm³/mol. The van der Waals surface area contributed by atoms with Crippen molar-refractivity contribution in [3.05, 3.63) is 64.0 Å². The number of likely N-dealkylation sites (N-methyl/N-ethyl adjacent to an activating group) is 1. The van der Waals surface area contributed by atoms with Crippen LogP contribution in [0.4, 0.5) is 5.69 Å². The minimum atomic E-state index is -0.453. The maximum absolute atomic E-state index is 10.9. The molecule has 0 bridgehead atoms. The van der Waals surface area contributed by atoms with Gasteiger partial charge in [-0.25, -0.2) is 0 Å². The van der Waals surface area contributed by atoms with Crippen LogP contribution in [-0.2, 0) is 13.1 Å². The molecule has 0 atom stereocenters. The number of nitro groups is 1. The smallest absolute Gasteiger partial charge is 0.270 e. The molecule has 0 fully saturated rings. The maximum atomic E-state index is 10.9. The number of hydrogen-bond acceptors (Lipinski definition) is 6. The summed E-state index contributed by atoms with van der Waals surface area (Å²) in [6, 6.07) is 9.84. The monoisotopic (exact) mass is 330 g/mol. The molecule has 2 rings (SSSR count). The molecule has 24 heavy (non-hydrogen) atoms. The molecule has 128 valence electrons. The summed E-state index contributed by atoms with van der Waals surface area (Å²) in [5.41, 5.74) is 1.44. The molecule has 0 saturated carbocycles. The van der Waals surface area contributed by atoms with Crippen molar-refractivity contribution in [1.29, 1.82) is 0 Å². The van der Waals surface area contributed by atoms with E-state index in [0.29, 0.717) is 18.7 Å². The molecule has 0 spiro atoms. The van der Waals surface area contributed by atoms with Gasteiger partial charge in [-0.2, -0.15) is 0 Å². The molecule has 0 unspecified atom stereocenters. The zero-order chi connectivity index (χ0) is 17.5. The summed E-state index contributed by atoms with van der Waals surface area (Å²) in [4.78, 5) is 19.0. The minimum absolute atomic E-state index is 0.0202. The van der Waals surface area contributed by atoms with Crippen LogP contribution in [0.5, 0.6) is 5.75 Å². The number of phenolic OH excluding ortho intramolecular Hbond substituents is 1. The number of benzene rings is 1. The quantitative estimate of drug-likeness (QED) is 0.590. The van der Waals surface area contributed by atoms with Crippen molar-refractivity contribution in [2.45, 2.75) is 13.1 Å². The Labute approximate surface area is 141 Å². The van der Waals surface area contributed by atoms with E-state index in [-0.39, 0.29) is 11.4 Å². The lowest BCUT2D eigenvalue weighted by Crippen LogP contribution is -2.31. The van der Waals surface area contributed by atoms with E-state index in [1.54, 1.807) is 6.20 Å². The van der Waals surface area contributed by atoms with Crippen LogP contribution in [0.15, 0.2) is 42.6 Å². The Kier molecular flexibility index (Phi) is 6.22. The van der Waals surface area contributed by atoms with Crippen molar-refractivity contribution < 1.29 is 10.0 Å². The molecule has 0 radical (unpaired) electrons. The molecular formula is C17H22N4O3. The van der Waals surface area contributed by atoms with Gasteiger partial charge in [-0.15, -0.1) is 0 Å². The zero-order valence-electron chi connectivity index (χ0n) is 13.9. The highest BCUT2D eigenvalue weighted by Gasteiger charge is 2.15. The molecule has 0 saturated heterocycles. The highest BCUT2D eigenvalue weighted by molar-refractivity contribution is 5.42. The first kappa shape index (κ1) is 17.8. The number of aromatic nitrogens is 1. The van der Waals surface area contributed by atoms with Crippen LogP contribution in [0.25, 0.3) is 0 Å². The maximum Gasteiger partial charge on any atom is 0.270 e. The van der Waals surface area contributed by atoms with Gasteiger partial charge in [0.2, 0.25) is 0 Å². The molecule has 0 aliphatic heterocycles. The van der Waals surface area contributed by atoms with Gasteiger partial charge < -0.3 is 10.0 Å². The van der Waals surface area contributed by atoms with Crippen LogP contribution in [0, 0.1) is 10.1 Å². The fraction of sp³-hybridized carbons (Fsp3) is 0.353. The number of non-ortho nitro benzene ring substituents is 1. The summed E-state index contributed by atoms with van der Waals surface area (Å²) < 4.78 is 0. The molecule has 1 aromatic carbocycles. The predicted octanol–water partition coefficient (Wildman–Crippen LogP) is 2.26. The highest BCUT2D eigenvalue weighted by Crippen LogP contribution is 2.24. The van der Waals surface area contributed by atoms with E-state index in [4.69, 9.17) is 0 Å². The van der Waals surface area contributed by atoms with Crippen LogP contribution in [0.3, 0.4) is 0 Å². The van der Waals surface area contributed by atoms with Crippen molar-refractivity contribution >= 4 is 5.69 Å². The number of aromatic hydroxyl groups is 1. The fourth-order valence-corrected chi connectivity index (χ4v) is 2.33. The van der Waals surface area contributed by atoms with Crippen LogP contribution >= 0.6 is 0 Å². The van der Waals surface area contributed by atoms with Crippen molar-refractivity contribution in [2.24, 2.45) is 0 Å². The second kappa shape index (κ2) is 8.37. The third-order valence-electron chi connectivity index (χ3n) is 3.64. The summed E-state index contributed by atoms with van der Waals surface area (Å²) in [5.74, 6) is 0.0662. The lowest BCUT2D eigenvalue weighted by molar-refractivity contribution is -0.385. The molecule has 1 aromatic heterocycles. The number of nitro benzene ring substituents is 1. The molecule has 7 nitrogen and oxygen atoms in total. The van der Waals surface area contributed by atoms with Gasteiger partial charge in [0.1, 0.15) is 5.75 Å². The Morgan fingerprint density at radius 1 is 1.17 bits per heavy atom. The molecule has 1 N–H and O–H groups in total.